The second-order valence-electron chi connectivity index (χ2n) is 3.08. The molecule has 1 nitrogen and oxygen atoms in total. The van der Waals surface area contributed by atoms with Crippen molar-refractivity contribution in [1.29, 1.82) is 0 Å². The average Bonchev–Trinajstić information content (AvgIpc) is 2.16. The first kappa shape index (κ1) is 11.5. The van der Waals surface area contributed by atoms with E-state index in [1.165, 1.54) is 5.57 Å². The van der Waals surface area contributed by atoms with E-state index in [1.54, 1.807) is 17.8 Å². The molecule has 3 heteroatoms. The van der Waals surface area contributed by atoms with Crippen LogP contribution in [0, 0.1) is 0 Å². The Hall–Kier alpha value is -0.600. The summed E-state index contributed by atoms with van der Waals surface area (Å²) in [5.41, 5.74) is 7.53. The SMILES string of the molecule is C=C(CC)CSc1ccc(N)cc1Cl. The van der Waals surface area contributed by atoms with Crippen molar-refractivity contribution < 1.29 is 0 Å². The zero-order valence-electron chi connectivity index (χ0n) is 8.22. The molecule has 0 aliphatic carbocycles. The van der Waals surface area contributed by atoms with Crippen molar-refractivity contribution in [2.75, 3.05) is 11.5 Å². The topological polar surface area (TPSA) is 26.0 Å². The van der Waals surface area contributed by atoms with Crippen LogP contribution >= 0.6 is 23.4 Å². The van der Waals surface area contributed by atoms with E-state index in [2.05, 4.69) is 13.5 Å². The largest absolute Gasteiger partial charge is 0.399 e. The maximum atomic E-state index is 6.03. The Labute approximate surface area is 94.3 Å². The molecular weight excluding hydrogens is 214 g/mol. The number of thioether (sulfide) groups is 1. The zero-order chi connectivity index (χ0) is 10.6. The molecule has 0 radical (unpaired) electrons. The van der Waals surface area contributed by atoms with Crippen LogP contribution in [0.15, 0.2) is 35.2 Å². The Bertz CT molecular complexity index is 336. The summed E-state index contributed by atoms with van der Waals surface area (Å²) >= 11 is 7.73. The van der Waals surface area contributed by atoms with Gasteiger partial charge in [-0.05, 0) is 24.6 Å². The molecule has 0 bridgehead atoms. The molecule has 0 amide bonds. The Kier molecular flexibility index (Phi) is 4.36. The van der Waals surface area contributed by atoms with Crippen molar-refractivity contribution >= 4 is 29.1 Å². The second-order valence-corrected chi connectivity index (χ2v) is 4.51. The molecule has 2 N–H and O–H groups in total. The smallest absolute Gasteiger partial charge is 0.0562 e. The first-order valence-electron chi connectivity index (χ1n) is 4.48. The number of benzene rings is 1. The van der Waals surface area contributed by atoms with Gasteiger partial charge in [-0.15, -0.1) is 11.8 Å². The number of nitrogens with two attached hydrogens (primary N) is 1. The molecule has 0 aliphatic heterocycles. The summed E-state index contributed by atoms with van der Waals surface area (Å²) in [6, 6.07) is 5.59. The number of anilines is 1. The molecule has 0 heterocycles. The summed E-state index contributed by atoms with van der Waals surface area (Å²) in [5, 5.41) is 0.721. The number of hydrogen-bond acceptors (Lipinski definition) is 2. The maximum Gasteiger partial charge on any atom is 0.0562 e. The average molecular weight is 228 g/mol. The third-order valence-corrected chi connectivity index (χ3v) is 3.53. The van der Waals surface area contributed by atoms with Crippen molar-refractivity contribution in [1.82, 2.24) is 0 Å². The van der Waals surface area contributed by atoms with Crippen molar-refractivity contribution in [2.45, 2.75) is 18.2 Å². The third-order valence-electron chi connectivity index (χ3n) is 1.89. The van der Waals surface area contributed by atoms with Crippen LogP contribution in [0.3, 0.4) is 0 Å². The van der Waals surface area contributed by atoms with Crippen LogP contribution in [-0.4, -0.2) is 5.75 Å². The van der Waals surface area contributed by atoms with Gasteiger partial charge in [0.2, 0.25) is 0 Å². The molecule has 0 spiro atoms. The quantitative estimate of drug-likeness (QED) is 0.478. The number of halogens is 1. The molecule has 1 aromatic carbocycles. The van der Waals surface area contributed by atoms with Gasteiger partial charge in [0.1, 0.15) is 0 Å². The van der Waals surface area contributed by atoms with Gasteiger partial charge < -0.3 is 5.73 Å². The summed E-state index contributed by atoms with van der Waals surface area (Å²) in [6.07, 6.45) is 1.01. The van der Waals surface area contributed by atoms with Gasteiger partial charge >= 0.3 is 0 Å². The van der Waals surface area contributed by atoms with E-state index in [1.807, 2.05) is 12.1 Å². The molecule has 0 fully saturated rings. The molecule has 0 saturated carbocycles. The van der Waals surface area contributed by atoms with Crippen LogP contribution in [-0.2, 0) is 0 Å². The predicted molar refractivity (Wildman–Crippen MR) is 66.0 cm³/mol. The van der Waals surface area contributed by atoms with Gasteiger partial charge in [0.15, 0.2) is 0 Å². The minimum Gasteiger partial charge on any atom is -0.399 e. The van der Waals surface area contributed by atoms with Crippen molar-refractivity contribution in [3.05, 3.63) is 35.4 Å². The van der Waals surface area contributed by atoms with Crippen molar-refractivity contribution in [3.8, 4) is 0 Å². The van der Waals surface area contributed by atoms with Gasteiger partial charge in [0.05, 0.1) is 5.02 Å². The highest BCUT2D eigenvalue weighted by Crippen LogP contribution is 2.30. The second kappa shape index (κ2) is 5.32. The molecule has 1 rings (SSSR count). The lowest BCUT2D eigenvalue weighted by Crippen LogP contribution is -1.87. The van der Waals surface area contributed by atoms with Gasteiger partial charge in [-0.2, -0.15) is 0 Å². The normalized spacial score (nSPS) is 10.1. The van der Waals surface area contributed by atoms with Crippen LogP contribution in [0.1, 0.15) is 13.3 Å². The highest BCUT2D eigenvalue weighted by Gasteiger charge is 2.01. The standard InChI is InChI=1S/C11H14ClNS/c1-3-8(2)7-14-11-5-4-9(13)6-10(11)12/h4-6H,2-3,7,13H2,1H3. The minimum absolute atomic E-state index is 0.702. The van der Waals surface area contributed by atoms with E-state index in [0.717, 1.165) is 22.1 Å². The highest BCUT2D eigenvalue weighted by atomic mass is 35.5. The van der Waals surface area contributed by atoms with Crippen molar-refractivity contribution in [3.63, 3.8) is 0 Å². The molecular formula is C11H14ClNS. The van der Waals surface area contributed by atoms with E-state index in [-0.39, 0.29) is 0 Å². The lowest BCUT2D eigenvalue weighted by molar-refractivity contribution is 1.12. The van der Waals surface area contributed by atoms with E-state index >= 15 is 0 Å². The van der Waals surface area contributed by atoms with E-state index in [4.69, 9.17) is 17.3 Å². The van der Waals surface area contributed by atoms with Crippen molar-refractivity contribution in [2.24, 2.45) is 0 Å². The van der Waals surface area contributed by atoms with Crippen LogP contribution in [0.25, 0.3) is 0 Å². The fraction of sp³-hybridized carbons (Fsp3) is 0.273. The van der Waals surface area contributed by atoms with Crippen LogP contribution < -0.4 is 5.73 Å². The molecule has 0 atom stereocenters. The zero-order valence-corrected chi connectivity index (χ0v) is 9.79. The Morgan fingerprint density at radius 3 is 2.86 bits per heavy atom. The van der Waals surface area contributed by atoms with Crippen LogP contribution in [0.2, 0.25) is 5.02 Å². The molecule has 1 aromatic rings. The van der Waals surface area contributed by atoms with Gasteiger partial charge in [0, 0.05) is 16.3 Å². The Balaban J connectivity index is 2.63. The predicted octanol–water partition coefficient (Wildman–Crippen LogP) is 3.98. The van der Waals surface area contributed by atoms with Crippen LogP contribution in [0.5, 0.6) is 0 Å². The Morgan fingerprint density at radius 2 is 2.29 bits per heavy atom. The molecule has 0 unspecified atom stereocenters. The fourth-order valence-corrected chi connectivity index (χ4v) is 2.19. The molecule has 14 heavy (non-hydrogen) atoms. The Morgan fingerprint density at radius 1 is 1.57 bits per heavy atom. The first-order chi connectivity index (χ1) is 6.63. The maximum absolute atomic E-state index is 6.03. The minimum atomic E-state index is 0.702. The molecule has 0 aliphatic rings. The molecule has 0 aromatic heterocycles. The fourth-order valence-electron chi connectivity index (χ4n) is 0.916. The third kappa shape index (κ3) is 3.28. The molecule has 0 saturated heterocycles. The van der Waals surface area contributed by atoms with Gasteiger partial charge in [-0.1, -0.05) is 30.7 Å². The van der Waals surface area contributed by atoms with E-state index in [0.29, 0.717) is 5.69 Å². The highest BCUT2D eigenvalue weighted by molar-refractivity contribution is 7.99. The summed E-state index contributed by atoms with van der Waals surface area (Å²) < 4.78 is 0. The van der Waals surface area contributed by atoms with E-state index < -0.39 is 0 Å². The lowest BCUT2D eigenvalue weighted by Gasteiger charge is -2.05. The van der Waals surface area contributed by atoms with Gasteiger partial charge in [0.25, 0.3) is 0 Å². The number of nitrogen functional groups attached to an aromatic ring is 1. The first-order valence-corrected chi connectivity index (χ1v) is 5.84. The van der Waals surface area contributed by atoms with E-state index in [9.17, 15) is 0 Å². The van der Waals surface area contributed by atoms with Gasteiger partial charge in [-0.3, -0.25) is 0 Å². The molecule has 76 valence electrons. The van der Waals surface area contributed by atoms with Crippen LogP contribution in [0.4, 0.5) is 5.69 Å². The summed E-state index contributed by atoms with van der Waals surface area (Å²) in [7, 11) is 0. The lowest BCUT2D eigenvalue weighted by atomic mass is 10.3. The number of rotatable bonds is 4. The summed E-state index contributed by atoms with van der Waals surface area (Å²) in [5.74, 6) is 0.917. The summed E-state index contributed by atoms with van der Waals surface area (Å²) in [4.78, 5) is 1.07. The number of hydrogen-bond donors (Lipinski definition) is 1. The summed E-state index contributed by atoms with van der Waals surface area (Å²) in [6.45, 7) is 6.05. The monoisotopic (exact) mass is 227 g/mol. The van der Waals surface area contributed by atoms with Gasteiger partial charge in [-0.25, -0.2) is 0 Å².